The fourth-order valence-corrected chi connectivity index (χ4v) is 4.77. The minimum atomic E-state index is -3.51. The molecule has 0 saturated carbocycles. The molecule has 1 N–H and O–H groups in total. The van der Waals surface area contributed by atoms with Crippen LogP contribution >= 0.6 is 11.3 Å². The average Bonchev–Trinajstić information content (AvgIpc) is 3.00. The van der Waals surface area contributed by atoms with E-state index in [-0.39, 0.29) is 10.9 Å². The van der Waals surface area contributed by atoms with Crippen molar-refractivity contribution in [3.05, 3.63) is 65.5 Å². The lowest BCUT2D eigenvalue weighted by atomic mass is 10.1. The van der Waals surface area contributed by atoms with Gasteiger partial charge >= 0.3 is 0 Å². The van der Waals surface area contributed by atoms with Crippen LogP contribution in [0.2, 0.25) is 0 Å². The summed E-state index contributed by atoms with van der Waals surface area (Å²) in [6.07, 6.45) is 0. The van der Waals surface area contributed by atoms with Gasteiger partial charge in [-0.2, -0.15) is 0 Å². The molecule has 4 nitrogen and oxygen atoms in total. The first-order valence-electron chi connectivity index (χ1n) is 7.66. The lowest BCUT2D eigenvalue weighted by Gasteiger charge is -2.24. The Hall–Kier alpha value is -1.73. The van der Waals surface area contributed by atoms with E-state index in [4.69, 9.17) is 0 Å². The molecule has 1 atom stereocenters. The van der Waals surface area contributed by atoms with Crippen molar-refractivity contribution in [2.75, 3.05) is 20.6 Å². The maximum absolute atomic E-state index is 12.5. The van der Waals surface area contributed by atoms with Crippen LogP contribution < -0.4 is 4.72 Å². The number of thiophene rings is 1. The Balaban J connectivity index is 1.85. The largest absolute Gasteiger partial charge is 0.301 e. The molecule has 2 aromatic carbocycles. The van der Waals surface area contributed by atoms with Crippen molar-refractivity contribution < 1.29 is 8.42 Å². The van der Waals surface area contributed by atoms with E-state index in [1.165, 1.54) is 10.1 Å². The first-order valence-corrected chi connectivity index (χ1v) is 10.0. The van der Waals surface area contributed by atoms with Crippen molar-refractivity contribution in [2.24, 2.45) is 0 Å². The number of rotatable bonds is 6. The summed E-state index contributed by atoms with van der Waals surface area (Å²) in [7, 11) is 0.426. The Morgan fingerprint density at radius 1 is 1.04 bits per heavy atom. The fourth-order valence-electron chi connectivity index (χ4n) is 2.70. The Morgan fingerprint density at radius 2 is 1.71 bits per heavy atom. The van der Waals surface area contributed by atoms with Crippen molar-refractivity contribution in [1.29, 1.82) is 0 Å². The molecule has 0 aliphatic carbocycles. The van der Waals surface area contributed by atoms with Gasteiger partial charge in [0.1, 0.15) is 0 Å². The first-order chi connectivity index (χ1) is 11.5. The third-order valence-electron chi connectivity index (χ3n) is 4.01. The molecule has 126 valence electrons. The second kappa shape index (κ2) is 7.03. The molecule has 3 aromatic rings. The zero-order valence-electron chi connectivity index (χ0n) is 13.6. The second-order valence-electron chi connectivity index (χ2n) is 5.83. The highest BCUT2D eigenvalue weighted by molar-refractivity contribution is 7.89. The normalized spacial score (nSPS) is 13.5. The number of hydrogen-bond donors (Lipinski definition) is 1. The molecule has 24 heavy (non-hydrogen) atoms. The number of nitrogens with zero attached hydrogens (tertiary/aromatic N) is 1. The number of fused-ring (bicyclic) bond motifs is 1. The molecule has 0 radical (unpaired) electrons. The number of benzene rings is 2. The average molecular weight is 361 g/mol. The smallest absolute Gasteiger partial charge is 0.240 e. The molecule has 0 saturated heterocycles. The maximum atomic E-state index is 12.5. The maximum Gasteiger partial charge on any atom is 0.240 e. The van der Waals surface area contributed by atoms with E-state index in [1.54, 1.807) is 41.7 Å². The first kappa shape index (κ1) is 17.1. The quantitative estimate of drug-likeness (QED) is 0.732. The molecule has 0 aliphatic heterocycles. The molecule has 3 rings (SSSR count). The van der Waals surface area contributed by atoms with Gasteiger partial charge in [0, 0.05) is 17.3 Å². The van der Waals surface area contributed by atoms with Crippen LogP contribution in [0.25, 0.3) is 10.1 Å². The van der Waals surface area contributed by atoms with Crippen molar-refractivity contribution in [2.45, 2.75) is 10.9 Å². The van der Waals surface area contributed by atoms with Crippen LogP contribution in [0.5, 0.6) is 0 Å². The van der Waals surface area contributed by atoms with Gasteiger partial charge in [0.2, 0.25) is 10.0 Å². The second-order valence-corrected chi connectivity index (χ2v) is 8.51. The molecule has 0 bridgehead atoms. The van der Waals surface area contributed by atoms with Gasteiger partial charge in [-0.3, -0.25) is 0 Å². The van der Waals surface area contributed by atoms with Gasteiger partial charge in [-0.05, 0) is 48.6 Å². The molecule has 1 heterocycles. The van der Waals surface area contributed by atoms with Crippen LogP contribution in [0.1, 0.15) is 11.6 Å². The minimum Gasteiger partial charge on any atom is -0.301 e. The van der Waals surface area contributed by atoms with Crippen LogP contribution in [0.4, 0.5) is 0 Å². The minimum absolute atomic E-state index is 0.0281. The third-order valence-corrected chi connectivity index (χ3v) is 6.43. The number of nitrogens with one attached hydrogen (secondary N) is 1. The van der Waals surface area contributed by atoms with Crippen LogP contribution in [0.3, 0.4) is 0 Å². The summed E-state index contributed by atoms with van der Waals surface area (Å²) >= 11 is 1.69. The van der Waals surface area contributed by atoms with E-state index < -0.39 is 10.0 Å². The molecule has 0 amide bonds. The Bertz CT molecular complexity index is 918. The van der Waals surface area contributed by atoms with Gasteiger partial charge in [-0.15, -0.1) is 11.3 Å². The predicted octanol–water partition coefficient (Wildman–Crippen LogP) is 3.48. The summed E-state index contributed by atoms with van der Waals surface area (Å²) in [5, 5.41) is 3.30. The zero-order valence-corrected chi connectivity index (χ0v) is 15.3. The Kier molecular flexibility index (Phi) is 5.01. The number of likely N-dealkylation sites (N-methyl/N-ethyl adjacent to an activating group) is 1. The Labute approximate surface area is 146 Å². The van der Waals surface area contributed by atoms with Gasteiger partial charge in [-0.1, -0.05) is 36.4 Å². The summed E-state index contributed by atoms with van der Waals surface area (Å²) in [6, 6.07) is 16.6. The van der Waals surface area contributed by atoms with Crippen molar-refractivity contribution >= 4 is 31.4 Å². The highest BCUT2D eigenvalue weighted by Crippen LogP contribution is 2.32. The standard InChI is InChI=1S/C18H20N2O2S2/c1-20(2)17(16-13-23-18-11-7-6-10-15(16)18)12-19-24(21,22)14-8-4-3-5-9-14/h3-11,13,17,19H,12H2,1-2H3. The van der Waals surface area contributed by atoms with E-state index in [0.717, 1.165) is 5.56 Å². The van der Waals surface area contributed by atoms with E-state index in [1.807, 2.05) is 31.1 Å². The van der Waals surface area contributed by atoms with Crippen LogP contribution in [0.15, 0.2) is 64.9 Å². The van der Waals surface area contributed by atoms with Crippen molar-refractivity contribution in [3.8, 4) is 0 Å². The van der Waals surface area contributed by atoms with Crippen molar-refractivity contribution in [3.63, 3.8) is 0 Å². The van der Waals surface area contributed by atoms with Gasteiger partial charge < -0.3 is 4.90 Å². The molecular formula is C18H20N2O2S2. The molecule has 6 heteroatoms. The summed E-state index contributed by atoms with van der Waals surface area (Å²) < 4.78 is 28.9. The van der Waals surface area contributed by atoms with E-state index in [0.29, 0.717) is 6.54 Å². The van der Waals surface area contributed by atoms with E-state index in [9.17, 15) is 8.42 Å². The van der Waals surface area contributed by atoms with Gasteiger partial charge in [0.05, 0.1) is 4.90 Å². The molecule has 0 fully saturated rings. The van der Waals surface area contributed by atoms with Crippen LogP contribution in [-0.4, -0.2) is 34.0 Å². The molecule has 0 aliphatic rings. The third kappa shape index (κ3) is 3.52. The summed E-state index contributed by atoms with van der Waals surface area (Å²) in [5.74, 6) is 0. The summed E-state index contributed by atoms with van der Waals surface area (Å²) in [5.41, 5.74) is 1.15. The SMILES string of the molecule is CN(C)C(CNS(=O)(=O)c1ccccc1)c1csc2ccccc12. The number of sulfonamides is 1. The van der Waals surface area contributed by atoms with Crippen molar-refractivity contribution in [1.82, 2.24) is 9.62 Å². The van der Waals surface area contributed by atoms with Gasteiger partial charge in [0.15, 0.2) is 0 Å². The molecule has 0 spiro atoms. The predicted molar refractivity (Wildman–Crippen MR) is 99.9 cm³/mol. The summed E-state index contributed by atoms with van der Waals surface area (Å²) in [6.45, 7) is 0.324. The van der Waals surface area contributed by atoms with E-state index in [2.05, 4.69) is 22.2 Å². The topological polar surface area (TPSA) is 49.4 Å². The fraction of sp³-hybridized carbons (Fsp3) is 0.222. The molecule has 1 aromatic heterocycles. The number of hydrogen-bond acceptors (Lipinski definition) is 4. The van der Waals surface area contributed by atoms with E-state index >= 15 is 0 Å². The van der Waals surface area contributed by atoms with Gasteiger partial charge in [-0.25, -0.2) is 13.1 Å². The van der Waals surface area contributed by atoms with Crippen LogP contribution in [0, 0.1) is 0 Å². The molecule has 1 unspecified atom stereocenters. The van der Waals surface area contributed by atoms with Gasteiger partial charge in [0.25, 0.3) is 0 Å². The lowest BCUT2D eigenvalue weighted by Crippen LogP contribution is -2.34. The lowest BCUT2D eigenvalue weighted by molar-refractivity contribution is 0.301. The highest BCUT2D eigenvalue weighted by atomic mass is 32.2. The summed E-state index contributed by atoms with van der Waals surface area (Å²) in [4.78, 5) is 2.33. The zero-order chi connectivity index (χ0) is 17.2. The highest BCUT2D eigenvalue weighted by Gasteiger charge is 2.21. The Morgan fingerprint density at radius 3 is 2.42 bits per heavy atom. The monoisotopic (exact) mass is 360 g/mol. The van der Waals surface area contributed by atoms with Crippen LogP contribution in [-0.2, 0) is 10.0 Å². The molecular weight excluding hydrogens is 340 g/mol.